The zero-order valence-corrected chi connectivity index (χ0v) is 17.4. The lowest BCUT2D eigenvalue weighted by atomic mass is 10.0. The van der Waals surface area contributed by atoms with Crippen LogP contribution in [-0.4, -0.2) is 46.7 Å². The normalized spacial score (nSPS) is 10.3. The first-order valence-corrected chi connectivity index (χ1v) is 9.70. The maximum absolute atomic E-state index is 12.0. The molecule has 4 rings (SSSR count). The van der Waals surface area contributed by atoms with E-state index in [1.165, 1.54) is 0 Å². The quantitative estimate of drug-likeness (QED) is 0.412. The molecule has 32 heavy (non-hydrogen) atoms. The van der Waals surface area contributed by atoms with Crippen LogP contribution in [0.1, 0.15) is 14.4 Å². The molecule has 9 nitrogen and oxygen atoms in total. The van der Waals surface area contributed by atoms with Crippen LogP contribution >= 0.6 is 0 Å². The second-order valence-electron chi connectivity index (χ2n) is 6.66. The molecule has 0 aliphatic carbocycles. The average molecular weight is 435 g/mol. The number of ether oxygens (including phenoxy) is 2. The smallest absolute Gasteiger partial charge is 0.321 e. The third-order valence-electron chi connectivity index (χ3n) is 4.70. The van der Waals surface area contributed by atoms with Gasteiger partial charge in [-0.1, -0.05) is 13.5 Å². The Morgan fingerprint density at radius 2 is 1.91 bits per heavy atom. The number of imidazole rings is 1. The van der Waals surface area contributed by atoms with Crippen molar-refractivity contribution in [1.29, 1.82) is 0 Å². The Balaban J connectivity index is 0.00000289. The van der Waals surface area contributed by atoms with Crippen LogP contribution in [0, 0.1) is 0 Å². The summed E-state index contributed by atoms with van der Waals surface area (Å²) in [7, 11) is 3.14. The van der Waals surface area contributed by atoms with Crippen molar-refractivity contribution in [2.75, 3.05) is 26.1 Å². The SMILES string of the molecule is C.CCNC(=O)Nc1nc2c(-c3cc(OC)c(OC)cn3)cc(-c3cccnc3)cc2[nH]1. The predicted octanol–water partition coefficient (Wildman–Crippen LogP) is 4.48. The monoisotopic (exact) mass is 434 g/mol. The van der Waals surface area contributed by atoms with Gasteiger partial charge in [-0.25, -0.2) is 9.78 Å². The number of amides is 2. The van der Waals surface area contributed by atoms with Gasteiger partial charge in [-0.3, -0.25) is 15.3 Å². The van der Waals surface area contributed by atoms with E-state index >= 15 is 0 Å². The van der Waals surface area contributed by atoms with Crippen molar-refractivity contribution in [3.63, 3.8) is 0 Å². The van der Waals surface area contributed by atoms with Crippen LogP contribution in [0.3, 0.4) is 0 Å². The summed E-state index contributed by atoms with van der Waals surface area (Å²) in [4.78, 5) is 28.5. The van der Waals surface area contributed by atoms with E-state index in [1.54, 1.807) is 38.9 Å². The summed E-state index contributed by atoms with van der Waals surface area (Å²) in [5.41, 5.74) is 4.72. The number of hydrogen-bond acceptors (Lipinski definition) is 6. The lowest BCUT2D eigenvalue weighted by Gasteiger charge is -2.10. The molecule has 0 bridgehead atoms. The van der Waals surface area contributed by atoms with E-state index in [0.717, 1.165) is 22.2 Å². The molecule has 3 N–H and O–H groups in total. The minimum absolute atomic E-state index is 0. The number of nitrogens with one attached hydrogen (secondary N) is 3. The highest BCUT2D eigenvalue weighted by atomic mass is 16.5. The highest BCUT2D eigenvalue weighted by Gasteiger charge is 2.16. The number of anilines is 1. The minimum Gasteiger partial charge on any atom is -0.493 e. The van der Waals surface area contributed by atoms with E-state index in [2.05, 4.69) is 30.6 Å². The van der Waals surface area contributed by atoms with Crippen LogP contribution in [0.5, 0.6) is 11.5 Å². The van der Waals surface area contributed by atoms with E-state index in [4.69, 9.17) is 9.47 Å². The Morgan fingerprint density at radius 3 is 2.59 bits per heavy atom. The van der Waals surface area contributed by atoms with Crippen LogP contribution in [0.15, 0.2) is 48.9 Å². The average Bonchev–Trinajstić information content (AvgIpc) is 3.20. The molecule has 166 valence electrons. The fraction of sp³-hybridized carbons (Fsp3) is 0.217. The number of methoxy groups -OCH3 is 2. The van der Waals surface area contributed by atoms with E-state index in [1.807, 2.05) is 31.2 Å². The van der Waals surface area contributed by atoms with Gasteiger partial charge in [-0.2, -0.15) is 0 Å². The Labute approximate surface area is 186 Å². The van der Waals surface area contributed by atoms with E-state index in [9.17, 15) is 4.79 Å². The van der Waals surface area contributed by atoms with Crippen molar-refractivity contribution < 1.29 is 14.3 Å². The first kappa shape index (κ1) is 22.5. The highest BCUT2D eigenvalue weighted by Crippen LogP contribution is 2.36. The predicted molar refractivity (Wildman–Crippen MR) is 125 cm³/mol. The van der Waals surface area contributed by atoms with Crippen LogP contribution in [0.2, 0.25) is 0 Å². The number of pyridine rings is 2. The summed E-state index contributed by atoms with van der Waals surface area (Å²) in [6, 6.07) is 9.27. The first-order chi connectivity index (χ1) is 15.1. The second kappa shape index (κ2) is 9.78. The van der Waals surface area contributed by atoms with Crippen molar-refractivity contribution in [3.05, 3.63) is 48.9 Å². The van der Waals surface area contributed by atoms with Crippen molar-refractivity contribution in [2.24, 2.45) is 0 Å². The third-order valence-corrected chi connectivity index (χ3v) is 4.70. The van der Waals surface area contributed by atoms with Gasteiger partial charge in [0.2, 0.25) is 5.95 Å². The number of aromatic nitrogens is 4. The molecule has 0 radical (unpaired) electrons. The third kappa shape index (κ3) is 4.46. The molecule has 3 heterocycles. The Morgan fingerprint density at radius 1 is 1.09 bits per heavy atom. The van der Waals surface area contributed by atoms with Gasteiger partial charge in [0, 0.05) is 36.1 Å². The lowest BCUT2D eigenvalue weighted by Crippen LogP contribution is -2.28. The molecule has 1 aromatic carbocycles. The first-order valence-electron chi connectivity index (χ1n) is 9.70. The molecule has 0 atom stereocenters. The molecule has 0 spiro atoms. The molecule has 0 fully saturated rings. The number of carbonyl (C=O) groups is 1. The van der Waals surface area contributed by atoms with Crippen molar-refractivity contribution >= 4 is 23.0 Å². The van der Waals surface area contributed by atoms with Crippen LogP contribution < -0.4 is 20.1 Å². The van der Waals surface area contributed by atoms with Crippen molar-refractivity contribution in [3.8, 4) is 33.9 Å². The topological polar surface area (TPSA) is 114 Å². The van der Waals surface area contributed by atoms with Gasteiger partial charge in [0.25, 0.3) is 0 Å². The molecular weight excluding hydrogens is 408 g/mol. The van der Waals surface area contributed by atoms with E-state index in [-0.39, 0.29) is 13.5 Å². The van der Waals surface area contributed by atoms with Gasteiger partial charge in [-0.05, 0) is 30.7 Å². The highest BCUT2D eigenvalue weighted by molar-refractivity contribution is 5.98. The van der Waals surface area contributed by atoms with Crippen molar-refractivity contribution in [2.45, 2.75) is 14.4 Å². The summed E-state index contributed by atoms with van der Waals surface area (Å²) in [5.74, 6) is 1.43. The number of carbonyl (C=O) groups excluding carboxylic acids is 1. The molecule has 4 aromatic rings. The number of aromatic amines is 1. The standard InChI is InChI=1S/C22H22N6O3.CH4/c1-4-24-22(29)28-21-26-17-9-14(13-6-5-7-23-11-13)8-15(20(17)27-21)16-10-18(30-2)19(31-3)12-25-16;/h5-12H,4H2,1-3H3,(H3,24,26,27,28,29);1H4. The maximum Gasteiger partial charge on any atom is 0.321 e. The minimum atomic E-state index is -0.333. The summed E-state index contributed by atoms with van der Waals surface area (Å²) in [6.07, 6.45) is 5.12. The molecule has 2 amide bonds. The zero-order chi connectivity index (χ0) is 21.8. The van der Waals surface area contributed by atoms with E-state index in [0.29, 0.717) is 35.2 Å². The fourth-order valence-electron chi connectivity index (χ4n) is 3.27. The van der Waals surface area contributed by atoms with Gasteiger partial charge >= 0.3 is 6.03 Å². The van der Waals surface area contributed by atoms with Gasteiger partial charge in [-0.15, -0.1) is 0 Å². The summed E-state index contributed by atoms with van der Waals surface area (Å²) in [6.45, 7) is 2.36. The van der Waals surface area contributed by atoms with Gasteiger partial charge < -0.3 is 19.8 Å². The van der Waals surface area contributed by atoms with Gasteiger partial charge in [0.05, 0.1) is 37.1 Å². The van der Waals surface area contributed by atoms with Crippen LogP contribution in [0.25, 0.3) is 33.4 Å². The van der Waals surface area contributed by atoms with Gasteiger partial charge in [0.15, 0.2) is 11.5 Å². The molecule has 0 aliphatic rings. The number of rotatable bonds is 6. The lowest BCUT2D eigenvalue weighted by molar-refractivity contribution is 0.252. The molecule has 0 aliphatic heterocycles. The number of urea groups is 1. The summed E-state index contributed by atoms with van der Waals surface area (Å²) in [5, 5.41) is 5.41. The van der Waals surface area contributed by atoms with Gasteiger partial charge in [0.1, 0.15) is 0 Å². The largest absolute Gasteiger partial charge is 0.493 e. The molecule has 9 heteroatoms. The zero-order valence-electron chi connectivity index (χ0n) is 17.4. The molecule has 0 saturated heterocycles. The summed E-state index contributed by atoms with van der Waals surface area (Å²) >= 11 is 0. The number of hydrogen-bond donors (Lipinski definition) is 3. The maximum atomic E-state index is 12.0. The second-order valence-corrected chi connectivity index (χ2v) is 6.66. The number of fused-ring (bicyclic) bond motifs is 1. The summed E-state index contributed by atoms with van der Waals surface area (Å²) < 4.78 is 10.7. The van der Waals surface area contributed by atoms with Crippen LogP contribution in [-0.2, 0) is 0 Å². The van der Waals surface area contributed by atoms with E-state index < -0.39 is 0 Å². The number of nitrogens with zero attached hydrogens (tertiary/aromatic N) is 3. The fourth-order valence-corrected chi connectivity index (χ4v) is 3.27. The van der Waals surface area contributed by atoms with Crippen LogP contribution in [0.4, 0.5) is 10.7 Å². The molecular formula is C23H26N6O3. The Hall–Kier alpha value is -4.14. The molecule has 0 unspecified atom stereocenters. The Kier molecular flexibility index (Phi) is 6.89. The number of H-pyrrole nitrogens is 1. The Bertz CT molecular complexity index is 1220. The number of benzene rings is 1. The van der Waals surface area contributed by atoms with Crippen molar-refractivity contribution in [1.82, 2.24) is 25.3 Å². The molecule has 3 aromatic heterocycles. The molecule has 0 saturated carbocycles.